The molecule has 2 nitrogen and oxygen atoms in total. The van der Waals surface area contributed by atoms with Crippen molar-refractivity contribution in [3.8, 4) is 0 Å². The van der Waals surface area contributed by atoms with Crippen molar-refractivity contribution < 1.29 is 17.7 Å². The lowest BCUT2D eigenvalue weighted by atomic mass is 9.99. The van der Waals surface area contributed by atoms with Crippen LogP contribution in [0.2, 0.25) is 0 Å². The van der Waals surface area contributed by atoms with E-state index in [4.69, 9.17) is 5.73 Å². The third-order valence-electron chi connectivity index (χ3n) is 2.49. The lowest BCUT2D eigenvalue weighted by molar-refractivity contribution is -0.673. The maximum Gasteiger partial charge on any atom is 0.102 e. The van der Waals surface area contributed by atoms with E-state index in [1.807, 2.05) is 0 Å². The average molecular weight is 199 g/mol. The van der Waals surface area contributed by atoms with Gasteiger partial charge in [0.05, 0.1) is 6.54 Å². The number of quaternary nitrogens is 1. The van der Waals surface area contributed by atoms with E-state index in [1.165, 1.54) is 29.7 Å². The van der Waals surface area contributed by atoms with E-state index >= 15 is 0 Å². The first-order valence-electron chi connectivity index (χ1n) is 4.52. The third kappa shape index (κ3) is 2.21. The van der Waals surface area contributed by atoms with Crippen LogP contribution in [0.25, 0.3) is 0 Å². The molecule has 0 fully saturated rings. The molecule has 4 N–H and O–H groups in total. The first kappa shape index (κ1) is 10.5. The Balaban J connectivity index is 0.000000845. The van der Waals surface area contributed by atoms with Crippen LogP contribution in [-0.4, -0.2) is 6.54 Å². The van der Waals surface area contributed by atoms with Crippen LogP contribution in [0.15, 0.2) is 18.2 Å². The first-order valence-corrected chi connectivity index (χ1v) is 4.52. The van der Waals surface area contributed by atoms with Gasteiger partial charge >= 0.3 is 0 Å². The molecular weight excluding hydrogens is 184 g/mol. The highest BCUT2D eigenvalue weighted by Gasteiger charge is 2.10. The molecule has 2 rings (SSSR count). The van der Waals surface area contributed by atoms with Crippen molar-refractivity contribution in [2.45, 2.75) is 19.5 Å². The molecular formula is C10H15ClN2. The van der Waals surface area contributed by atoms with Gasteiger partial charge in [0, 0.05) is 18.5 Å². The third-order valence-corrected chi connectivity index (χ3v) is 2.49. The molecule has 72 valence electrons. The highest BCUT2D eigenvalue weighted by molar-refractivity contribution is 5.32. The molecule has 0 aliphatic carbocycles. The van der Waals surface area contributed by atoms with Crippen LogP contribution >= 0.6 is 0 Å². The predicted molar refractivity (Wildman–Crippen MR) is 48.5 cm³/mol. The summed E-state index contributed by atoms with van der Waals surface area (Å²) in [6.07, 6.45) is 1.21. The highest BCUT2D eigenvalue weighted by atomic mass is 35.5. The van der Waals surface area contributed by atoms with E-state index in [2.05, 4.69) is 23.5 Å². The summed E-state index contributed by atoms with van der Waals surface area (Å²) in [6.45, 7) is 3.02. The van der Waals surface area contributed by atoms with Gasteiger partial charge in [-0.25, -0.2) is 0 Å². The fourth-order valence-electron chi connectivity index (χ4n) is 1.76. The van der Waals surface area contributed by atoms with Crippen molar-refractivity contribution in [1.82, 2.24) is 0 Å². The zero-order valence-corrected chi connectivity index (χ0v) is 8.35. The van der Waals surface area contributed by atoms with Crippen LogP contribution in [0.1, 0.15) is 16.7 Å². The zero-order valence-electron chi connectivity index (χ0n) is 7.59. The number of nitrogens with two attached hydrogens (primary N) is 2. The Hall–Kier alpha value is -0.570. The summed E-state index contributed by atoms with van der Waals surface area (Å²) in [6, 6.07) is 6.61. The molecule has 0 unspecified atom stereocenters. The van der Waals surface area contributed by atoms with Gasteiger partial charge in [0.15, 0.2) is 0 Å². The fourth-order valence-corrected chi connectivity index (χ4v) is 1.76. The maximum atomic E-state index is 5.57. The van der Waals surface area contributed by atoms with Crippen molar-refractivity contribution in [1.29, 1.82) is 0 Å². The number of halogens is 1. The highest BCUT2D eigenvalue weighted by Crippen LogP contribution is 2.12. The molecule has 0 bridgehead atoms. The first-order chi connectivity index (χ1) is 5.90. The number of rotatable bonds is 1. The van der Waals surface area contributed by atoms with Crippen LogP contribution in [0.4, 0.5) is 0 Å². The largest absolute Gasteiger partial charge is 1.00 e. The van der Waals surface area contributed by atoms with Gasteiger partial charge < -0.3 is 23.5 Å². The van der Waals surface area contributed by atoms with Crippen LogP contribution in [0.3, 0.4) is 0 Å². The molecule has 0 radical (unpaired) electrons. The second-order valence-corrected chi connectivity index (χ2v) is 3.34. The lowest BCUT2D eigenvalue weighted by Crippen LogP contribution is -3.00. The minimum absolute atomic E-state index is 0. The summed E-state index contributed by atoms with van der Waals surface area (Å²) >= 11 is 0. The summed E-state index contributed by atoms with van der Waals surface area (Å²) < 4.78 is 0. The molecule has 1 heterocycles. The van der Waals surface area contributed by atoms with Gasteiger partial charge in [-0.05, 0) is 17.2 Å². The summed E-state index contributed by atoms with van der Waals surface area (Å²) in [7, 11) is 0. The second-order valence-electron chi connectivity index (χ2n) is 3.34. The average Bonchev–Trinajstić information content (AvgIpc) is 2.17. The van der Waals surface area contributed by atoms with Crippen molar-refractivity contribution in [3.63, 3.8) is 0 Å². The fraction of sp³-hybridized carbons (Fsp3) is 0.400. The molecule has 1 aromatic rings. The molecule has 0 saturated carbocycles. The van der Waals surface area contributed by atoms with Gasteiger partial charge in [0.25, 0.3) is 0 Å². The van der Waals surface area contributed by atoms with Crippen molar-refractivity contribution in [3.05, 3.63) is 34.9 Å². The molecule has 0 spiro atoms. The normalized spacial score (nSPS) is 14.5. The topological polar surface area (TPSA) is 42.6 Å². The summed E-state index contributed by atoms with van der Waals surface area (Å²) in [5.41, 5.74) is 9.81. The minimum Gasteiger partial charge on any atom is -1.00 e. The lowest BCUT2D eigenvalue weighted by Gasteiger charge is -2.14. The molecule has 1 aromatic carbocycles. The van der Waals surface area contributed by atoms with Gasteiger partial charge in [-0.2, -0.15) is 0 Å². The number of hydrogen-bond acceptors (Lipinski definition) is 1. The molecule has 1 aliphatic rings. The van der Waals surface area contributed by atoms with Crippen molar-refractivity contribution in [2.24, 2.45) is 5.73 Å². The van der Waals surface area contributed by atoms with E-state index in [1.54, 1.807) is 0 Å². The van der Waals surface area contributed by atoms with Crippen molar-refractivity contribution >= 4 is 0 Å². The Labute approximate surface area is 84.9 Å². The van der Waals surface area contributed by atoms with Crippen LogP contribution < -0.4 is 23.5 Å². The maximum absolute atomic E-state index is 5.57. The minimum atomic E-state index is 0. The molecule has 0 amide bonds. The Bertz CT molecular complexity index is 286. The Kier molecular flexibility index (Phi) is 3.72. The van der Waals surface area contributed by atoms with E-state index in [0.717, 1.165) is 6.54 Å². The van der Waals surface area contributed by atoms with Gasteiger partial charge in [-0.1, -0.05) is 12.1 Å². The molecule has 0 aromatic heterocycles. The number of hydrogen-bond donors (Lipinski definition) is 2. The van der Waals surface area contributed by atoms with E-state index in [0.29, 0.717) is 6.54 Å². The number of fused-ring (bicyclic) bond motifs is 1. The molecule has 3 heteroatoms. The van der Waals surface area contributed by atoms with Crippen LogP contribution in [-0.2, 0) is 19.5 Å². The summed E-state index contributed by atoms with van der Waals surface area (Å²) in [4.78, 5) is 0. The van der Waals surface area contributed by atoms with Gasteiger partial charge in [-0.15, -0.1) is 0 Å². The van der Waals surface area contributed by atoms with Crippen molar-refractivity contribution in [2.75, 3.05) is 6.54 Å². The van der Waals surface area contributed by atoms with Crippen LogP contribution in [0.5, 0.6) is 0 Å². The van der Waals surface area contributed by atoms with E-state index in [9.17, 15) is 0 Å². The molecule has 0 saturated heterocycles. The van der Waals surface area contributed by atoms with Gasteiger partial charge in [-0.3, -0.25) is 0 Å². The van der Waals surface area contributed by atoms with Gasteiger partial charge in [0.2, 0.25) is 0 Å². The summed E-state index contributed by atoms with van der Waals surface area (Å²) in [5, 5.41) is 2.35. The van der Waals surface area contributed by atoms with Crippen LogP contribution in [0, 0.1) is 0 Å². The smallest absolute Gasteiger partial charge is 0.102 e. The molecule has 1 aliphatic heterocycles. The zero-order chi connectivity index (χ0) is 8.39. The monoisotopic (exact) mass is 198 g/mol. The quantitative estimate of drug-likeness (QED) is 0.490. The van der Waals surface area contributed by atoms with Gasteiger partial charge in [0.1, 0.15) is 6.54 Å². The Morgan fingerprint density at radius 2 is 2.15 bits per heavy atom. The Morgan fingerprint density at radius 3 is 2.92 bits per heavy atom. The second kappa shape index (κ2) is 4.61. The number of benzene rings is 1. The summed E-state index contributed by atoms with van der Waals surface area (Å²) in [5.74, 6) is 0. The predicted octanol–water partition coefficient (Wildman–Crippen LogP) is -3.23. The molecule has 13 heavy (non-hydrogen) atoms. The Morgan fingerprint density at radius 1 is 1.31 bits per heavy atom. The standard InChI is InChI=1S/C10H14N2.ClH/c11-6-8-1-2-9-3-4-12-7-10(9)5-8;/h1-2,5,12H,3-4,6-7,11H2;1H. The SMILES string of the molecule is NCc1ccc2c(c1)C[NH2+]CC2.[Cl-]. The van der Waals surface area contributed by atoms with E-state index < -0.39 is 0 Å². The molecule has 0 atom stereocenters. The van der Waals surface area contributed by atoms with E-state index in [-0.39, 0.29) is 12.4 Å².